The van der Waals surface area contributed by atoms with Gasteiger partial charge in [-0.2, -0.15) is 4.98 Å². The number of methoxy groups -OCH3 is 1. The molecule has 0 bridgehead atoms. The predicted molar refractivity (Wildman–Crippen MR) is 133 cm³/mol. The summed E-state index contributed by atoms with van der Waals surface area (Å²) in [6.45, 7) is 6.01. The molecule has 0 unspecified atom stereocenters. The first-order valence-electron chi connectivity index (χ1n) is 12.5. The number of rotatable bonds is 9. The van der Waals surface area contributed by atoms with Gasteiger partial charge in [-0.3, -0.25) is 5.32 Å². The lowest BCUT2D eigenvalue weighted by atomic mass is 10.1. The van der Waals surface area contributed by atoms with Gasteiger partial charge in [-0.05, 0) is 45.3 Å². The quantitative estimate of drug-likeness (QED) is 0.415. The molecular weight excluding hydrogens is 470 g/mol. The largest absolute Gasteiger partial charge is 0.493 e. The average Bonchev–Trinajstić information content (AvgIpc) is 3.53. The molecular formula is C25H32F2N6O3. The molecule has 194 valence electrons. The van der Waals surface area contributed by atoms with Crippen molar-refractivity contribution in [3.8, 4) is 11.5 Å². The van der Waals surface area contributed by atoms with E-state index in [1.807, 2.05) is 12.1 Å². The summed E-state index contributed by atoms with van der Waals surface area (Å²) in [6, 6.07) is 3.92. The molecule has 9 nitrogen and oxygen atoms in total. The minimum absolute atomic E-state index is 0.173. The number of hydrogen-bond donors (Lipinski definition) is 1. The van der Waals surface area contributed by atoms with Crippen LogP contribution in [-0.4, -0.2) is 72.2 Å². The zero-order chi connectivity index (χ0) is 25.1. The van der Waals surface area contributed by atoms with Gasteiger partial charge in [0.25, 0.3) is 11.9 Å². The smallest absolute Gasteiger partial charge is 0.300 e. The Morgan fingerprint density at radius 1 is 1.08 bits per heavy atom. The van der Waals surface area contributed by atoms with E-state index < -0.39 is 5.92 Å². The molecule has 2 aromatic heterocycles. The molecule has 1 N–H and O–H groups in total. The summed E-state index contributed by atoms with van der Waals surface area (Å²) >= 11 is 0. The van der Waals surface area contributed by atoms with Gasteiger partial charge >= 0.3 is 0 Å². The minimum Gasteiger partial charge on any atom is -0.493 e. The highest BCUT2D eigenvalue weighted by Crippen LogP contribution is 2.37. The van der Waals surface area contributed by atoms with Crippen LogP contribution in [0.15, 0.2) is 22.7 Å². The maximum Gasteiger partial charge on any atom is 0.300 e. The Labute approximate surface area is 208 Å². The molecule has 2 aliphatic heterocycles. The van der Waals surface area contributed by atoms with Crippen molar-refractivity contribution < 1.29 is 22.7 Å². The van der Waals surface area contributed by atoms with Gasteiger partial charge in [0, 0.05) is 43.9 Å². The lowest BCUT2D eigenvalue weighted by molar-refractivity contribution is -0.0222. The van der Waals surface area contributed by atoms with Gasteiger partial charge in [0.15, 0.2) is 11.5 Å². The standard InChI is InChI=1S/C25H32F2N6O3/c1-17-16-28-24(36-17)31-22-18-14-20(34-2)21(35-13-5-10-32-8-3-4-9-32)15-19(18)29-23(30-22)33-11-6-25(26,27)7-12-33/h14-16H,3-13H2,1-2H3,(H,28,29,30,31). The van der Waals surface area contributed by atoms with E-state index >= 15 is 0 Å². The zero-order valence-corrected chi connectivity index (χ0v) is 20.7. The van der Waals surface area contributed by atoms with E-state index in [4.69, 9.17) is 18.9 Å². The number of halogens is 2. The van der Waals surface area contributed by atoms with Gasteiger partial charge < -0.3 is 23.7 Å². The van der Waals surface area contributed by atoms with Crippen molar-refractivity contribution in [2.45, 2.75) is 45.0 Å². The van der Waals surface area contributed by atoms with Crippen LogP contribution in [0, 0.1) is 6.92 Å². The molecule has 0 amide bonds. The molecule has 2 aliphatic rings. The number of benzene rings is 1. The second-order valence-electron chi connectivity index (χ2n) is 9.39. The third-order valence-corrected chi connectivity index (χ3v) is 6.67. The highest BCUT2D eigenvalue weighted by molar-refractivity contribution is 5.93. The summed E-state index contributed by atoms with van der Waals surface area (Å²) < 4.78 is 44.8. The Kier molecular flexibility index (Phi) is 7.08. The van der Waals surface area contributed by atoms with E-state index in [0.717, 1.165) is 26.1 Å². The van der Waals surface area contributed by atoms with Gasteiger partial charge in [0.05, 0.1) is 25.4 Å². The zero-order valence-electron chi connectivity index (χ0n) is 20.7. The number of aryl methyl sites for hydroxylation is 1. The summed E-state index contributed by atoms with van der Waals surface area (Å²) in [4.78, 5) is 17.8. The molecule has 36 heavy (non-hydrogen) atoms. The number of aromatic nitrogens is 3. The number of alkyl halides is 2. The van der Waals surface area contributed by atoms with E-state index in [2.05, 4.69) is 20.2 Å². The first-order chi connectivity index (χ1) is 17.4. The van der Waals surface area contributed by atoms with Crippen LogP contribution in [0.1, 0.15) is 37.9 Å². The number of nitrogens with zero attached hydrogens (tertiary/aromatic N) is 5. The molecule has 5 rings (SSSR count). The van der Waals surface area contributed by atoms with E-state index in [1.165, 1.54) is 12.8 Å². The Balaban J connectivity index is 1.43. The van der Waals surface area contributed by atoms with E-state index in [1.54, 1.807) is 25.1 Å². The van der Waals surface area contributed by atoms with Gasteiger partial charge in [0.2, 0.25) is 5.95 Å². The number of piperidine rings is 1. The fourth-order valence-electron chi connectivity index (χ4n) is 4.66. The van der Waals surface area contributed by atoms with Gasteiger partial charge in [-0.1, -0.05) is 0 Å². The molecule has 0 radical (unpaired) electrons. The van der Waals surface area contributed by atoms with Crippen molar-refractivity contribution in [3.05, 3.63) is 24.1 Å². The molecule has 0 spiro atoms. The first-order valence-corrected chi connectivity index (χ1v) is 12.5. The molecule has 0 saturated carbocycles. The van der Waals surface area contributed by atoms with Crippen LogP contribution in [0.2, 0.25) is 0 Å². The Bertz CT molecular complexity index is 1190. The van der Waals surface area contributed by atoms with E-state index in [0.29, 0.717) is 46.5 Å². The van der Waals surface area contributed by atoms with Crippen molar-refractivity contribution in [1.29, 1.82) is 0 Å². The number of ether oxygens (including phenoxy) is 2. The fourth-order valence-corrected chi connectivity index (χ4v) is 4.66. The Morgan fingerprint density at radius 3 is 2.56 bits per heavy atom. The monoisotopic (exact) mass is 502 g/mol. The van der Waals surface area contributed by atoms with Crippen LogP contribution in [0.4, 0.5) is 26.6 Å². The van der Waals surface area contributed by atoms with Crippen molar-refractivity contribution >= 4 is 28.7 Å². The van der Waals surface area contributed by atoms with Gasteiger partial charge in [-0.15, -0.1) is 0 Å². The number of hydrogen-bond acceptors (Lipinski definition) is 9. The molecule has 2 fully saturated rings. The number of anilines is 3. The van der Waals surface area contributed by atoms with E-state index in [9.17, 15) is 8.78 Å². The number of nitrogens with one attached hydrogen (secondary N) is 1. The third-order valence-electron chi connectivity index (χ3n) is 6.67. The Hall–Kier alpha value is -3.21. The van der Waals surface area contributed by atoms with Crippen molar-refractivity contribution in [3.63, 3.8) is 0 Å². The molecule has 11 heteroatoms. The van der Waals surface area contributed by atoms with Crippen LogP contribution in [0.25, 0.3) is 10.9 Å². The van der Waals surface area contributed by atoms with Gasteiger partial charge in [-0.25, -0.2) is 18.7 Å². The van der Waals surface area contributed by atoms with Crippen LogP contribution in [0.3, 0.4) is 0 Å². The molecule has 0 atom stereocenters. The molecule has 3 aromatic rings. The van der Waals surface area contributed by atoms with E-state index in [-0.39, 0.29) is 31.9 Å². The maximum absolute atomic E-state index is 13.8. The Morgan fingerprint density at radius 2 is 1.86 bits per heavy atom. The first kappa shape index (κ1) is 24.5. The lowest BCUT2D eigenvalue weighted by Crippen LogP contribution is -2.40. The second-order valence-corrected chi connectivity index (χ2v) is 9.39. The number of likely N-dealkylation sites (tertiary alicyclic amines) is 1. The van der Waals surface area contributed by atoms with Crippen molar-refractivity contribution in [2.24, 2.45) is 0 Å². The van der Waals surface area contributed by atoms with Gasteiger partial charge in [0.1, 0.15) is 11.6 Å². The number of oxazole rings is 1. The van der Waals surface area contributed by atoms with Crippen molar-refractivity contribution in [1.82, 2.24) is 19.9 Å². The summed E-state index contributed by atoms with van der Waals surface area (Å²) in [7, 11) is 1.59. The highest BCUT2D eigenvalue weighted by Gasteiger charge is 2.35. The minimum atomic E-state index is -2.66. The highest BCUT2D eigenvalue weighted by atomic mass is 19.3. The predicted octanol–water partition coefficient (Wildman–Crippen LogP) is 4.78. The van der Waals surface area contributed by atoms with Crippen LogP contribution in [-0.2, 0) is 0 Å². The molecule has 2 saturated heterocycles. The average molecular weight is 503 g/mol. The SMILES string of the molecule is COc1cc2c(Nc3ncc(C)o3)nc(N3CCC(F)(F)CC3)nc2cc1OCCCN1CCCC1. The summed E-state index contributed by atoms with van der Waals surface area (Å²) in [5.41, 5.74) is 0.610. The maximum atomic E-state index is 13.8. The normalized spacial score (nSPS) is 18.1. The van der Waals surface area contributed by atoms with Crippen LogP contribution >= 0.6 is 0 Å². The molecule has 1 aromatic carbocycles. The van der Waals surface area contributed by atoms with Crippen LogP contribution in [0.5, 0.6) is 11.5 Å². The number of fused-ring (bicyclic) bond motifs is 1. The molecule has 0 aliphatic carbocycles. The molecule has 4 heterocycles. The lowest BCUT2D eigenvalue weighted by Gasteiger charge is -2.32. The third kappa shape index (κ3) is 5.61. The summed E-state index contributed by atoms with van der Waals surface area (Å²) in [6.07, 6.45) is 4.58. The van der Waals surface area contributed by atoms with Crippen LogP contribution < -0.4 is 19.7 Å². The fraction of sp³-hybridized carbons (Fsp3) is 0.560. The summed E-state index contributed by atoms with van der Waals surface area (Å²) in [5.74, 6) is -0.0463. The topological polar surface area (TPSA) is 88.8 Å². The van der Waals surface area contributed by atoms with Crippen molar-refractivity contribution in [2.75, 3.05) is 56.7 Å². The summed E-state index contributed by atoms with van der Waals surface area (Å²) in [5, 5.41) is 3.79. The second kappa shape index (κ2) is 10.4.